The van der Waals surface area contributed by atoms with Gasteiger partial charge in [-0.1, -0.05) is 30.3 Å². The number of rotatable bonds is 6. The highest BCUT2D eigenvalue weighted by Gasteiger charge is 2.30. The largest absolute Gasteiger partial charge is 0.348 e. The van der Waals surface area contributed by atoms with Crippen LogP contribution in [-0.2, 0) is 11.3 Å². The van der Waals surface area contributed by atoms with Gasteiger partial charge >= 0.3 is 0 Å². The van der Waals surface area contributed by atoms with E-state index in [0.717, 1.165) is 31.4 Å². The van der Waals surface area contributed by atoms with E-state index in [1.165, 1.54) is 0 Å². The zero-order valence-corrected chi connectivity index (χ0v) is 17.4. The van der Waals surface area contributed by atoms with Crippen molar-refractivity contribution in [3.63, 3.8) is 0 Å². The molecule has 1 unspecified atom stereocenters. The molecule has 0 radical (unpaired) electrons. The summed E-state index contributed by atoms with van der Waals surface area (Å²) < 4.78 is 0. The van der Waals surface area contributed by atoms with Crippen LogP contribution in [0.3, 0.4) is 0 Å². The number of amides is 2. The number of aromatic nitrogens is 2. The standard InChI is InChI=1S/C22H29N5O2/c1-16-18(22(29)24-13-17-9-5-4-6-10-17)14-23-21(25-16)19-11-7-8-12-27(19)20(28)15-26(2)3/h4-6,9-10,14,19H,7-8,11-13,15H2,1-3H3,(H,24,29). The van der Waals surface area contributed by atoms with Crippen LogP contribution >= 0.6 is 0 Å². The summed E-state index contributed by atoms with van der Waals surface area (Å²) in [5, 5.41) is 2.91. The second kappa shape index (κ2) is 9.60. The molecule has 1 aliphatic rings. The Kier molecular flexibility index (Phi) is 6.93. The topological polar surface area (TPSA) is 78.4 Å². The van der Waals surface area contributed by atoms with Crippen LogP contribution in [0.2, 0.25) is 0 Å². The highest BCUT2D eigenvalue weighted by molar-refractivity contribution is 5.94. The lowest BCUT2D eigenvalue weighted by Gasteiger charge is -2.35. The smallest absolute Gasteiger partial charge is 0.254 e. The van der Waals surface area contributed by atoms with Crippen molar-refractivity contribution in [2.24, 2.45) is 0 Å². The van der Waals surface area contributed by atoms with Gasteiger partial charge in [-0.3, -0.25) is 9.59 Å². The molecule has 0 aliphatic carbocycles. The van der Waals surface area contributed by atoms with Crippen LogP contribution in [0.15, 0.2) is 36.5 Å². The maximum Gasteiger partial charge on any atom is 0.254 e. The van der Waals surface area contributed by atoms with Crippen molar-refractivity contribution in [1.82, 2.24) is 25.1 Å². The quantitative estimate of drug-likeness (QED) is 0.812. The number of nitrogens with one attached hydrogen (secondary N) is 1. The minimum absolute atomic E-state index is 0.0885. The van der Waals surface area contributed by atoms with Crippen LogP contribution in [0.1, 0.15) is 52.7 Å². The number of likely N-dealkylation sites (tertiary alicyclic amines) is 1. The van der Waals surface area contributed by atoms with Crippen molar-refractivity contribution in [3.8, 4) is 0 Å². The van der Waals surface area contributed by atoms with E-state index >= 15 is 0 Å². The van der Waals surface area contributed by atoms with Gasteiger partial charge in [-0.25, -0.2) is 9.97 Å². The molecule has 1 atom stereocenters. The third-order valence-electron chi connectivity index (χ3n) is 5.11. The predicted molar refractivity (Wildman–Crippen MR) is 111 cm³/mol. The number of nitrogens with zero attached hydrogens (tertiary/aromatic N) is 4. The van der Waals surface area contributed by atoms with Gasteiger partial charge < -0.3 is 15.1 Å². The molecule has 2 heterocycles. The lowest BCUT2D eigenvalue weighted by molar-refractivity contribution is -0.135. The third kappa shape index (κ3) is 5.38. The number of carbonyl (C=O) groups excluding carboxylic acids is 2. The lowest BCUT2D eigenvalue weighted by Crippen LogP contribution is -2.43. The van der Waals surface area contributed by atoms with E-state index in [1.807, 2.05) is 61.2 Å². The molecule has 1 aliphatic heterocycles. The molecule has 2 aromatic rings. The van der Waals surface area contributed by atoms with Crippen LogP contribution in [0.4, 0.5) is 0 Å². The van der Waals surface area contributed by atoms with E-state index in [4.69, 9.17) is 0 Å². The van der Waals surface area contributed by atoms with Crippen LogP contribution in [0, 0.1) is 6.92 Å². The van der Waals surface area contributed by atoms with Crippen molar-refractivity contribution in [3.05, 3.63) is 59.2 Å². The fourth-order valence-electron chi connectivity index (χ4n) is 3.60. The van der Waals surface area contributed by atoms with Gasteiger partial charge in [0.2, 0.25) is 5.91 Å². The molecular formula is C22H29N5O2. The van der Waals surface area contributed by atoms with E-state index in [2.05, 4.69) is 15.3 Å². The van der Waals surface area contributed by atoms with Crippen LogP contribution in [0.5, 0.6) is 0 Å². The molecule has 0 bridgehead atoms. The average molecular weight is 396 g/mol. The van der Waals surface area contributed by atoms with E-state index in [0.29, 0.717) is 30.2 Å². The Labute approximate surface area is 172 Å². The van der Waals surface area contributed by atoms with Gasteiger partial charge in [-0.2, -0.15) is 0 Å². The van der Waals surface area contributed by atoms with E-state index in [9.17, 15) is 9.59 Å². The molecule has 1 aromatic heterocycles. The molecule has 7 heteroatoms. The van der Waals surface area contributed by atoms with Crippen LogP contribution < -0.4 is 5.32 Å². The molecule has 7 nitrogen and oxygen atoms in total. The molecule has 2 amide bonds. The van der Waals surface area contributed by atoms with E-state index in [-0.39, 0.29) is 17.9 Å². The highest BCUT2D eigenvalue weighted by Crippen LogP contribution is 2.29. The number of hydrogen-bond donors (Lipinski definition) is 1. The monoisotopic (exact) mass is 395 g/mol. The SMILES string of the molecule is Cc1nc(C2CCCCN2C(=O)CN(C)C)ncc1C(=O)NCc1ccccc1. The van der Waals surface area contributed by atoms with Crippen LogP contribution in [0.25, 0.3) is 0 Å². The van der Waals surface area contributed by atoms with Crippen molar-refractivity contribution in [2.45, 2.75) is 38.8 Å². The molecule has 1 saturated heterocycles. The van der Waals surface area contributed by atoms with Gasteiger partial charge in [-0.05, 0) is 45.8 Å². The molecule has 1 fully saturated rings. The van der Waals surface area contributed by atoms with Gasteiger partial charge in [0, 0.05) is 19.3 Å². The van der Waals surface area contributed by atoms with Crippen molar-refractivity contribution >= 4 is 11.8 Å². The second-order valence-electron chi connectivity index (χ2n) is 7.73. The van der Waals surface area contributed by atoms with Crippen molar-refractivity contribution in [2.75, 3.05) is 27.2 Å². The summed E-state index contributed by atoms with van der Waals surface area (Å²) in [6, 6.07) is 9.64. The maximum atomic E-state index is 12.6. The molecule has 154 valence electrons. The molecule has 1 N–H and O–H groups in total. The Morgan fingerprint density at radius 1 is 1.21 bits per heavy atom. The number of aryl methyl sites for hydroxylation is 1. The normalized spacial score (nSPS) is 16.7. The fraction of sp³-hybridized carbons (Fsp3) is 0.455. The first-order chi connectivity index (χ1) is 14.0. The highest BCUT2D eigenvalue weighted by atomic mass is 16.2. The summed E-state index contributed by atoms with van der Waals surface area (Å²) in [5.74, 6) is 0.515. The first kappa shape index (κ1) is 20.9. The molecule has 0 saturated carbocycles. The van der Waals surface area contributed by atoms with Crippen molar-refractivity contribution in [1.29, 1.82) is 0 Å². The van der Waals surface area contributed by atoms with Gasteiger partial charge in [0.05, 0.1) is 23.8 Å². The summed E-state index contributed by atoms with van der Waals surface area (Å²) in [4.78, 5) is 38.0. The zero-order chi connectivity index (χ0) is 20.8. The average Bonchev–Trinajstić information content (AvgIpc) is 2.72. The van der Waals surface area contributed by atoms with Gasteiger partial charge in [0.25, 0.3) is 5.91 Å². The predicted octanol–water partition coefficient (Wildman–Crippen LogP) is 2.33. The fourth-order valence-corrected chi connectivity index (χ4v) is 3.60. The zero-order valence-electron chi connectivity index (χ0n) is 17.4. The van der Waals surface area contributed by atoms with Crippen LogP contribution in [-0.4, -0.2) is 58.8 Å². The Morgan fingerprint density at radius 2 is 1.97 bits per heavy atom. The lowest BCUT2D eigenvalue weighted by atomic mass is 10.0. The Morgan fingerprint density at radius 3 is 2.66 bits per heavy atom. The first-order valence-electron chi connectivity index (χ1n) is 10.1. The van der Waals surface area contributed by atoms with E-state index < -0.39 is 0 Å². The molecular weight excluding hydrogens is 366 g/mol. The number of piperidine rings is 1. The number of benzene rings is 1. The van der Waals surface area contributed by atoms with E-state index in [1.54, 1.807) is 6.20 Å². The third-order valence-corrected chi connectivity index (χ3v) is 5.11. The van der Waals surface area contributed by atoms with Gasteiger partial charge in [-0.15, -0.1) is 0 Å². The van der Waals surface area contributed by atoms with Crippen molar-refractivity contribution < 1.29 is 9.59 Å². The summed E-state index contributed by atoms with van der Waals surface area (Å²) in [5.41, 5.74) is 2.13. The summed E-state index contributed by atoms with van der Waals surface area (Å²) in [6.45, 7) is 3.36. The molecule has 3 rings (SSSR count). The Balaban J connectivity index is 1.72. The Bertz CT molecular complexity index is 854. The number of hydrogen-bond acceptors (Lipinski definition) is 5. The second-order valence-corrected chi connectivity index (χ2v) is 7.73. The minimum atomic E-state index is -0.193. The molecule has 29 heavy (non-hydrogen) atoms. The minimum Gasteiger partial charge on any atom is -0.348 e. The molecule has 1 aromatic carbocycles. The summed E-state index contributed by atoms with van der Waals surface area (Å²) in [6.07, 6.45) is 4.46. The number of carbonyl (C=O) groups is 2. The first-order valence-corrected chi connectivity index (χ1v) is 10.1. The van der Waals surface area contributed by atoms with Gasteiger partial charge in [0.1, 0.15) is 0 Å². The summed E-state index contributed by atoms with van der Waals surface area (Å²) >= 11 is 0. The number of likely N-dealkylation sites (N-methyl/N-ethyl adjacent to an activating group) is 1. The molecule has 0 spiro atoms. The Hall–Kier alpha value is -2.80. The maximum absolute atomic E-state index is 12.6. The summed E-state index contributed by atoms with van der Waals surface area (Å²) in [7, 11) is 3.78. The van der Waals surface area contributed by atoms with Gasteiger partial charge in [0.15, 0.2) is 5.82 Å².